The summed E-state index contributed by atoms with van der Waals surface area (Å²) in [6, 6.07) is 7.85. The number of carbonyl (C=O) groups is 1. The van der Waals surface area contributed by atoms with Crippen molar-refractivity contribution in [1.29, 1.82) is 0 Å². The van der Waals surface area contributed by atoms with Crippen molar-refractivity contribution < 1.29 is 9.53 Å². The molecule has 1 saturated heterocycles. The van der Waals surface area contributed by atoms with Gasteiger partial charge in [0.1, 0.15) is 0 Å². The third-order valence-corrected chi connectivity index (χ3v) is 4.35. The Hall–Kier alpha value is -1.85. The molecule has 1 aromatic carbocycles. The first-order valence-electron chi connectivity index (χ1n) is 8.46. The molecule has 1 amide bonds. The molecule has 0 aromatic heterocycles. The maximum Gasteiger partial charge on any atom is 0.269 e. The SMILES string of the molecule is O=C(NNC1=CCCCC1)c1ccc(CN2CCOCC2)cc1. The van der Waals surface area contributed by atoms with Crippen LogP contribution in [0.5, 0.6) is 0 Å². The minimum atomic E-state index is -0.0885. The topological polar surface area (TPSA) is 53.6 Å². The molecule has 1 aromatic rings. The molecule has 0 radical (unpaired) electrons. The highest BCUT2D eigenvalue weighted by Gasteiger charge is 2.11. The van der Waals surface area contributed by atoms with Gasteiger partial charge in [-0.25, -0.2) is 0 Å². The molecule has 3 rings (SSSR count). The van der Waals surface area contributed by atoms with Crippen LogP contribution in [0.25, 0.3) is 0 Å². The van der Waals surface area contributed by atoms with Crippen molar-refractivity contribution >= 4 is 5.91 Å². The number of hydrogen-bond donors (Lipinski definition) is 2. The molecule has 1 aliphatic heterocycles. The zero-order valence-corrected chi connectivity index (χ0v) is 13.5. The van der Waals surface area contributed by atoms with E-state index < -0.39 is 0 Å². The first-order chi connectivity index (χ1) is 11.3. The molecule has 0 atom stereocenters. The van der Waals surface area contributed by atoms with E-state index in [9.17, 15) is 4.79 Å². The summed E-state index contributed by atoms with van der Waals surface area (Å²) in [5, 5.41) is 0. The Morgan fingerprint density at radius 1 is 1.13 bits per heavy atom. The van der Waals surface area contributed by atoms with Gasteiger partial charge in [0.25, 0.3) is 5.91 Å². The van der Waals surface area contributed by atoms with Crippen LogP contribution in [0.1, 0.15) is 41.6 Å². The van der Waals surface area contributed by atoms with Gasteiger partial charge >= 0.3 is 0 Å². The summed E-state index contributed by atoms with van der Waals surface area (Å²) in [5.74, 6) is -0.0885. The molecule has 0 bridgehead atoms. The van der Waals surface area contributed by atoms with E-state index in [0.717, 1.165) is 51.4 Å². The van der Waals surface area contributed by atoms with Gasteiger partial charge < -0.3 is 10.2 Å². The maximum absolute atomic E-state index is 12.2. The second-order valence-electron chi connectivity index (χ2n) is 6.14. The molecule has 0 unspecified atom stereocenters. The summed E-state index contributed by atoms with van der Waals surface area (Å²) >= 11 is 0. The predicted octanol–water partition coefficient (Wildman–Crippen LogP) is 2.21. The van der Waals surface area contributed by atoms with Crippen LogP contribution < -0.4 is 10.9 Å². The molecular weight excluding hydrogens is 290 g/mol. The van der Waals surface area contributed by atoms with Crippen molar-refractivity contribution in [3.8, 4) is 0 Å². The van der Waals surface area contributed by atoms with Crippen molar-refractivity contribution in [3.63, 3.8) is 0 Å². The van der Waals surface area contributed by atoms with Crippen molar-refractivity contribution in [3.05, 3.63) is 47.2 Å². The van der Waals surface area contributed by atoms with Gasteiger partial charge in [-0.05, 0) is 43.4 Å². The Balaban J connectivity index is 1.49. The molecular formula is C18H25N3O2. The monoisotopic (exact) mass is 315 g/mol. The molecule has 5 heteroatoms. The zero-order chi connectivity index (χ0) is 15.9. The first kappa shape index (κ1) is 16.0. The van der Waals surface area contributed by atoms with Crippen molar-refractivity contribution in [1.82, 2.24) is 15.8 Å². The molecule has 23 heavy (non-hydrogen) atoms. The van der Waals surface area contributed by atoms with E-state index in [2.05, 4.69) is 21.8 Å². The van der Waals surface area contributed by atoms with Crippen LogP contribution in [0, 0.1) is 0 Å². The van der Waals surface area contributed by atoms with Gasteiger partial charge in [-0.2, -0.15) is 0 Å². The first-order valence-corrected chi connectivity index (χ1v) is 8.46. The summed E-state index contributed by atoms with van der Waals surface area (Å²) < 4.78 is 5.36. The molecule has 0 spiro atoms. The minimum absolute atomic E-state index is 0.0885. The average Bonchev–Trinajstić information content (AvgIpc) is 2.62. The van der Waals surface area contributed by atoms with E-state index >= 15 is 0 Å². The van der Waals surface area contributed by atoms with Crippen molar-refractivity contribution in [2.45, 2.75) is 32.2 Å². The molecule has 1 aliphatic carbocycles. The van der Waals surface area contributed by atoms with Crippen molar-refractivity contribution in [2.24, 2.45) is 0 Å². The summed E-state index contributed by atoms with van der Waals surface area (Å²) in [7, 11) is 0. The Kier molecular flexibility index (Phi) is 5.66. The van der Waals surface area contributed by atoms with Gasteiger partial charge in [0.2, 0.25) is 0 Å². The van der Waals surface area contributed by atoms with Gasteiger partial charge in [0.15, 0.2) is 0 Å². The number of nitrogens with one attached hydrogen (secondary N) is 2. The van der Waals surface area contributed by atoms with Crippen LogP contribution in [0.3, 0.4) is 0 Å². The molecule has 0 saturated carbocycles. The maximum atomic E-state index is 12.2. The van der Waals surface area contributed by atoms with E-state index in [1.807, 2.05) is 24.3 Å². The lowest BCUT2D eigenvalue weighted by atomic mass is 10.1. The van der Waals surface area contributed by atoms with Crippen molar-refractivity contribution in [2.75, 3.05) is 26.3 Å². The molecule has 1 fully saturated rings. The number of nitrogens with zero attached hydrogens (tertiary/aromatic N) is 1. The largest absolute Gasteiger partial charge is 0.379 e. The summed E-state index contributed by atoms with van der Waals surface area (Å²) in [6.07, 6.45) is 6.69. The third kappa shape index (κ3) is 4.81. The van der Waals surface area contributed by atoms with E-state index in [1.54, 1.807) is 0 Å². The average molecular weight is 315 g/mol. The molecule has 1 heterocycles. The van der Waals surface area contributed by atoms with Crippen LogP contribution in [0.4, 0.5) is 0 Å². The number of ether oxygens (including phenoxy) is 1. The van der Waals surface area contributed by atoms with E-state index in [0.29, 0.717) is 5.56 Å². The minimum Gasteiger partial charge on any atom is -0.379 e. The summed E-state index contributed by atoms with van der Waals surface area (Å²) in [5.41, 5.74) is 8.85. The number of amides is 1. The normalized spacial score (nSPS) is 19.0. The summed E-state index contributed by atoms with van der Waals surface area (Å²) in [6.45, 7) is 4.48. The number of morpholine rings is 1. The number of rotatable bonds is 5. The lowest BCUT2D eigenvalue weighted by Gasteiger charge is -2.26. The highest BCUT2D eigenvalue weighted by Crippen LogP contribution is 2.14. The van der Waals surface area contributed by atoms with Crippen LogP contribution >= 0.6 is 0 Å². The molecule has 2 aliphatic rings. The lowest BCUT2D eigenvalue weighted by molar-refractivity contribution is 0.0342. The lowest BCUT2D eigenvalue weighted by Crippen LogP contribution is -2.37. The zero-order valence-electron chi connectivity index (χ0n) is 13.5. The van der Waals surface area contributed by atoms with Crippen LogP contribution in [-0.2, 0) is 11.3 Å². The number of hydrazine groups is 1. The number of benzene rings is 1. The number of hydrogen-bond acceptors (Lipinski definition) is 4. The fourth-order valence-electron chi connectivity index (χ4n) is 2.94. The van der Waals surface area contributed by atoms with E-state index in [-0.39, 0.29) is 5.91 Å². The van der Waals surface area contributed by atoms with Gasteiger partial charge in [-0.15, -0.1) is 0 Å². The molecule has 5 nitrogen and oxygen atoms in total. The summed E-state index contributed by atoms with van der Waals surface area (Å²) in [4.78, 5) is 14.5. The van der Waals surface area contributed by atoms with Gasteiger partial charge in [-0.1, -0.05) is 18.2 Å². The second kappa shape index (κ2) is 8.13. The highest BCUT2D eigenvalue weighted by atomic mass is 16.5. The van der Waals surface area contributed by atoms with Gasteiger partial charge in [-0.3, -0.25) is 15.1 Å². The molecule has 2 N–H and O–H groups in total. The van der Waals surface area contributed by atoms with E-state index in [4.69, 9.17) is 4.74 Å². The Labute approximate surface area is 137 Å². The smallest absolute Gasteiger partial charge is 0.269 e. The fraction of sp³-hybridized carbons (Fsp3) is 0.500. The molecule has 124 valence electrons. The fourth-order valence-corrected chi connectivity index (χ4v) is 2.94. The van der Waals surface area contributed by atoms with E-state index in [1.165, 1.54) is 18.4 Å². The number of carbonyl (C=O) groups excluding carboxylic acids is 1. The third-order valence-electron chi connectivity index (χ3n) is 4.35. The van der Waals surface area contributed by atoms with Gasteiger partial charge in [0, 0.05) is 30.9 Å². The number of allylic oxidation sites excluding steroid dienone is 2. The van der Waals surface area contributed by atoms with Crippen LogP contribution in [0.2, 0.25) is 0 Å². The van der Waals surface area contributed by atoms with Crippen LogP contribution in [-0.4, -0.2) is 37.1 Å². The quantitative estimate of drug-likeness (QED) is 0.818. The second-order valence-corrected chi connectivity index (χ2v) is 6.14. The Morgan fingerprint density at radius 2 is 1.91 bits per heavy atom. The highest BCUT2D eigenvalue weighted by molar-refractivity contribution is 5.93. The van der Waals surface area contributed by atoms with Crippen LogP contribution in [0.15, 0.2) is 36.0 Å². The Morgan fingerprint density at radius 3 is 2.61 bits per heavy atom. The van der Waals surface area contributed by atoms with Gasteiger partial charge in [0.05, 0.1) is 13.2 Å². The Bertz CT molecular complexity index is 548. The standard InChI is InChI=1S/C18H25N3O2/c22-18(20-19-17-4-2-1-3-5-17)16-8-6-15(7-9-16)14-21-10-12-23-13-11-21/h4,6-9,19H,1-3,5,10-14H2,(H,20,22). The predicted molar refractivity (Wildman–Crippen MR) is 89.7 cm³/mol.